The summed E-state index contributed by atoms with van der Waals surface area (Å²) < 4.78 is 8.94. The van der Waals surface area contributed by atoms with Gasteiger partial charge in [-0.1, -0.05) is 41.9 Å². The molecule has 2 amide bonds. The van der Waals surface area contributed by atoms with Gasteiger partial charge in [0.1, 0.15) is 11.4 Å². The average molecular weight is 610 g/mol. The zero-order valence-electron chi connectivity index (χ0n) is 21.4. The maximum absolute atomic E-state index is 13.8. The first-order chi connectivity index (χ1) is 18.8. The van der Waals surface area contributed by atoms with Crippen LogP contribution in [-0.2, 0) is 13.1 Å². The molecule has 39 heavy (non-hydrogen) atoms. The SMILES string of the molecule is COc1ccc(-n2c(C(=O)N[C@H](C)c3ccccc3)c3n(c2=O)CCN(C(=O)c2ccc(Br)c(Cl)c2)C3)cc1. The molecule has 0 saturated carbocycles. The second-order valence-electron chi connectivity index (χ2n) is 9.22. The molecule has 1 N–H and O–H groups in total. The number of imidazole rings is 1. The number of hydrogen-bond donors (Lipinski definition) is 1. The number of rotatable bonds is 6. The predicted octanol–water partition coefficient (Wildman–Crippen LogP) is 5.21. The number of ether oxygens (including phenoxy) is 1. The number of methoxy groups -OCH3 is 1. The second kappa shape index (κ2) is 11.1. The highest BCUT2D eigenvalue weighted by Gasteiger charge is 2.32. The van der Waals surface area contributed by atoms with E-state index in [0.717, 1.165) is 5.56 Å². The highest BCUT2D eigenvalue weighted by Crippen LogP contribution is 2.26. The van der Waals surface area contributed by atoms with Crippen molar-refractivity contribution in [3.63, 3.8) is 0 Å². The average Bonchev–Trinajstić information content (AvgIpc) is 3.26. The largest absolute Gasteiger partial charge is 0.497 e. The van der Waals surface area contributed by atoms with Crippen LogP contribution < -0.4 is 15.7 Å². The minimum atomic E-state index is -0.408. The van der Waals surface area contributed by atoms with Crippen molar-refractivity contribution in [1.29, 1.82) is 0 Å². The second-order valence-corrected chi connectivity index (χ2v) is 10.5. The van der Waals surface area contributed by atoms with E-state index in [1.54, 1.807) is 59.0 Å². The molecule has 10 heteroatoms. The van der Waals surface area contributed by atoms with Crippen molar-refractivity contribution in [1.82, 2.24) is 19.4 Å². The van der Waals surface area contributed by atoms with E-state index in [1.807, 2.05) is 37.3 Å². The van der Waals surface area contributed by atoms with Crippen LogP contribution in [0.4, 0.5) is 0 Å². The van der Waals surface area contributed by atoms with Crippen molar-refractivity contribution < 1.29 is 14.3 Å². The maximum atomic E-state index is 13.8. The third-order valence-electron chi connectivity index (χ3n) is 6.83. The zero-order valence-corrected chi connectivity index (χ0v) is 23.7. The smallest absolute Gasteiger partial charge is 0.333 e. The third kappa shape index (κ3) is 5.24. The van der Waals surface area contributed by atoms with Crippen LogP contribution in [-0.4, -0.2) is 39.5 Å². The van der Waals surface area contributed by atoms with E-state index in [1.165, 1.54) is 4.57 Å². The van der Waals surface area contributed by atoms with Crippen molar-refractivity contribution in [3.05, 3.63) is 115 Å². The van der Waals surface area contributed by atoms with E-state index in [-0.39, 0.29) is 36.4 Å². The number of benzene rings is 3. The summed E-state index contributed by atoms with van der Waals surface area (Å²) in [6, 6.07) is 21.2. The molecule has 1 aromatic heterocycles. The molecule has 0 radical (unpaired) electrons. The summed E-state index contributed by atoms with van der Waals surface area (Å²) in [4.78, 5) is 42.5. The minimum absolute atomic E-state index is 0.0907. The van der Waals surface area contributed by atoms with Gasteiger partial charge in [0.25, 0.3) is 11.8 Å². The quantitative estimate of drug-likeness (QED) is 0.325. The van der Waals surface area contributed by atoms with Crippen LogP contribution in [0.25, 0.3) is 5.69 Å². The molecule has 2 heterocycles. The van der Waals surface area contributed by atoms with E-state index >= 15 is 0 Å². The molecule has 0 spiro atoms. The van der Waals surface area contributed by atoms with E-state index in [9.17, 15) is 14.4 Å². The first-order valence-corrected chi connectivity index (χ1v) is 13.5. The number of nitrogens with zero attached hydrogens (tertiary/aromatic N) is 3. The van der Waals surface area contributed by atoms with Crippen molar-refractivity contribution in [2.45, 2.75) is 26.1 Å². The molecule has 0 fully saturated rings. The van der Waals surface area contributed by atoms with E-state index in [0.29, 0.717) is 38.7 Å². The fourth-order valence-corrected chi connectivity index (χ4v) is 5.17. The fourth-order valence-electron chi connectivity index (χ4n) is 4.74. The number of hydrogen-bond acceptors (Lipinski definition) is 4. The lowest BCUT2D eigenvalue weighted by Gasteiger charge is -2.28. The first kappa shape index (κ1) is 26.8. The lowest BCUT2D eigenvalue weighted by molar-refractivity contribution is 0.0706. The van der Waals surface area contributed by atoms with Crippen LogP contribution in [0.5, 0.6) is 5.75 Å². The summed E-state index contributed by atoms with van der Waals surface area (Å²) in [5.41, 5.74) is 2.21. The summed E-state index contributed by atoms with van der Waals surface area (Å²) in [5.74, 6) is -0.0114. The summed E-state index contributed by atoms with van der Waals surface area (Å²) >= 11 is 9.58. The molecular formula is C29H26BrClN4O4. The van der Waals surface area contributed by atoms with Crippen LogP contribution in [0.2, 0.25) is 5.02 Å². The number of nitrogens with one attached hydrogen (secondary N) is 1. The monoisotopic (exact) mass is 608 g/mol. The molecule has 0 bridgehead atoms. The fraction of sp³-hybridized carbons (Fsp3) is 0.207. The Labute approximate surface area is 238 Å². The van der Waals surface area contributed by atoms with Crippen LogP contribution >= 0.6 is 27.5 Å². The molecule has 4 aromatic rings. The minimum Gasteiger partial charge on any atom is -0.497 e. The van der Waals surface area contributed by atoms with Gasteiger partial charge in [-0.3, -0.25) is 18.7 Å². The van der Waals surface area contributed by atoms with Crippen molar-refractivity contribution >= 4 is 39.3 Å². The summed E-state index contributed by atoms with van der Waals surface area (Å²) in [6.45, 7) is 2.54. The third-order valence-corrected chi connectivity index (χ3v) is 8.06. The topological polar surface area (TPSA) is 85.6 Å². The molecule has 0 saturated heterocycles. The molecule has 200 valence electrons. The van der Waals surface area contributed by atoms with Crippen LogP contribution in [0, 0.1) is 0 Å². The number of carbonyl (C=O) groups is 2. The Bertz CT molecular complexity index is 1600. The maximum Gasteiger partial charge on any atom is 0.333 e. The van der Waals surface area contributed by atoms with Crippen LogP contribution in [0.15, 0.2) is 82.1 Å². The predicted molar refractivity (Wildman–Crippen MR) is 153 cm³/mol. The normalized spacial score (nSPS) is 13.5. The number of carbonyl (C=O) groups excluding carboxylic acids is 2. The van der Waals surface area contributed by atoms with Gasteiger partial charge in [-0.05, 0) is 70.9 Å². The highest BCUT2D eigenvalue weighted by molar-refractivity contribution is 9.10. The molecule has 8 nitrogen and oxygen atoms in total. The Morgan fingerprint density at radius 3 is 2.41 bits per heavy atom. The van der Waals surface area contributed by atoms with E-state index in [4.69, 9.17) is 16.3 Å². The Morgan fingerprint density at radius 2 is 1.74 bits per heavy atom. The number of amides is 2. The molecular weight excluding hydrogens is 584 g/mol. The zero-order chi connectivity index (χ0) is 27.7. The van der Waals surface area contributed by atoms with Gasteiger partial charge in [-0.2, -0.15) is 0 Å². The van der Waals surface area contributed by atoms with Gasteiger partial charge in [0, 0.05) is 23.1 Å². The molecule has 0 unspecified atom stereocenters. The van der Waals surface area contributed by atoms with Gasteiger partial charge in [0.15, 0.2) is 0 Å². The van der Waals surface area contributed by atoms with Gasteiger partial charge in [0.05, 0.1) is 36.1 Å². The van der Waals surface area contributed by atoms with Crippen molar-refractivity contribution in [2.24, 2.45) is 0 Å². The van der Waals surface area contributed by atoms with Crippen molar-refractivity contribution in [2.75, 3.05) is 13.7 Å². The van der Waals surface area contributed by atoms with Gasteiger partial charge < -0.3 is 15.0 Å². The Morgan fingerprint density at radius 1 is 1.03 bits per heavy atom. The molecule has 0 aliphatic carbocycles. The Balaban J connectivity index is 1.56. The van der Waals surface area contributed by atoms with Gasteiger partial charge in [0.2, 0.25) is 0 Å². The summed E-state index contributed by atoms with van der Waals surface area (Å²) in [5, 5.41) is 3.46. The van der Waals surface area contributed by atoms with Gasteiger partial charge in [-0.15, -0.1) is 0 Å². The molecule has 1 atom stereocenters. The molecule has 1 aliphatic rings. The van der Waals surface area contributed by atoms with Crippen LogP contribution in [0.3, 0.4) is 0 Å². The standard InChI is InChI=1S/C29H26BrClN4O4/c1-18(19-6-4-3-5-7-19)32-27(36)26-25-17-33(28(37)20-8-13-23(30)24(31)16-20)14-15-34(25)29(38)35(26)21-9-11-22(39-2)12-10-21/h3-13,16,18H,14-15,17H2,1-2H3,(H,32,36)/t18-/m1/s1. The summed E-state index contributed by atoms with van der Waals surface area (Å²) in [7, 11) is 1.56. The van der Waals surface area contributed by atoms with E-state index in [2.05, 4.69) is 21.2 Å². The molecule has 5 rings (SSSR count). The lowest BCUT2D eigenvalue weighted by atomic mass is 10.1. The number of halogens is 2. The van der Waals surface area contributed by atoms with Gasteiger partial charge >= 0.3 is 5.69 Å². The Hall–Kier alpha value is -3.82. The Kier molecular flexibility index (Phi) is 7.63. The molecule has 3 aromatic carbocycles. The number of aromatic nitrogens is 2. The number of fused-ring (bicyclic) bond motifs is 1. The summed E-state index contributed by atoms with van der Waals surface area (Å²) in [6.07, 6.45) is 0. The first-order valence-electron chi connectivity index (χ1n) is 12.4. The van der Waals surface area contributed by atoms with Crippen LogP contribution in [0.1, 0.15) is 45.1 Å². The van der Waals surface area contributed by atoms with Gasteiger partial charge in [-0.25, -0.2) is 4.79 Å². The van der Waals surface area contributed by atoms with Crippen molar-refractivity contribution in [3.8, 4) is 11.4 Å². The highest BCUT2D eigenvalue weighted by atomic mass is 79.9. The lowest BCUT2D eigenvalue weighted by Crippen LogP contribution is -2.41. The van der Waals surface area contributed by atoms with E-state index < -0.39 is 5.91 Å². The molecule has 1 aliphatic heterocycles.